The van der Waals surface area contributed by atoms with Gasteiger partial charge in [0, 0.05) is 6.54 Å². The van der Waals surface area contributed by atoms with Crippen LogP contribution in [0.3, 0.4) is 0 Å². The fourth-order valence-electron chi connectivity index (χ4n) is 4.39. The summed E-state index contributed by atoms with van der Waals surface area (Å²) in [5, 5.41) is 2.89. The predicted molar refractivity (Wildman–Crippen MR) is 87.6 cm³/mol. The van der Waals surface area contributed by atoms with E-state index in [0.717, 1.165) is 18.8 Å². The number of carbonyl (C=O) groups is 1. The first kappa shape index (κ1) is 15.4. The molecule has 0 aromatic heterocycles. The molecule has 3 heteroatoms. The molecule has 1 aromatic carbocycles. The van der Waals surface area contributed by atoms with Crippen LogP contribution in [0.5, 0.6) is 0 Å². The van der Waals surface area contributed by atoms with Gasteiger partial charge in [0.05, 0.1) is 0 Å². The van der Waals surface area contributed by atoms with Crippen LogP contribution in [0.4, 0.5) is 4.79 Å². The molecular formula is C19H27NO2. The smallest absolute Gasteiger partial charge is 0.407 e. The molecule has 0 spiro atoms. The standard InChI is InChI=1S/C19H27NO2/c1-13-16-11-15(19(16,2)3)12-17(13)22-18(21)20-10-9-14-7-5-4-6-8-14/h4-8,13,15-17H,9-12H2,1-3H3,(H,20,21). The number of nitrogens with one attached hydrogen (secondary N) is 1. The number of rotatable bonds is 4. The number of alkyl carbamates (subject to hydrolysis) is 1. The molecule has 3 saturated carbocycles. The molecule has 0 radical (unpaired) electrons. The molecule has 1 amide bonds. The third-order valence-corrected chi connectivity index (χ3v) is 6.07. The first-order valence-corrected chi connectivity index (χ1v) is 8.47. The highest BCUT2D eigenvalue weighted by molar-refractivity contribution is 5.67. The van der Waals surface area contributed by atoms with Crippen LogP contribution in [-0.4, -0.2) is 18.7 Å². The van der Waals surface area contributed by atoms with E-state index in [4.69, 9.17) is 4.74 Å². The fourth-order valence-corrected chi connectivity index (χ4v) is 4.39. The maximum Gasteiger partial charge on any atom is 0.407 e. The molecule has 0 saturated heterocycles. The molecule has 1 N–H and O–H groups in total. The van der Waals surface area contributed by atoms with Crippen molar-refractivity contribution in [2.45, 2.75) is 46.1 Å². The largest absolute Gasteiger partial charge is 0.446 e. The Hall–Kier alpha value is -1.51. The maximum absolute atomic E-state index is 12.0. The number of hydrogen-bond donors (Lipinski definition) is 1. The monoisotopic (exact) mass is 301 g/mol. The van der Waals surface area contributed by atoms with Gasteiger partial charge in [0.25, 0.3) is 0 Å². The van der Waals surface area contributed by atoms with E-state index in [9.17, 15) is 4.79 Å². The summed E-state index contributed by atoms with van der Waals surface area (Å²) in [4.78, 5) is 12.0. The quantitative estimate of drug-likeness (QED) is 0.912. The minimum atomic E-state index is -0.258. The van der Waals surface area contributed by atoms with Crippen LogP contribution in [-0.2, 0) is 11.2 Å². The first-order valence-electron chi connectivity index (χ1n) is 8.47. The lowest BCUT2D eigenvalue weighted by atomic mass is 9.45. The highest BCUT2D eigenvalue weighted by Gasteiger charge is 2.57. The van der Waals surface area contributed by atoms with Crippen LogP contribution in [0.1, 0.15) is 39.2 Å². The minimum absolute atomic E-state index is 0.0912. The van der Waals surface area contributed by atoms with Gasteiger partial charge in [-0.25, -0.2) is 4.79 Å². The van der Waals surface area contributed by atoms with Crippen LogP contribution in [0.25, 0.3) is 0 Å². The summed E-state index contributed by atoms with van der Waals surface area (Å²) < 4.78 is 5.69. The Morgan fingerprint density at radius 2 is 2.00 bits per heavy atom. The summed E-state index contributed by atoms with van der Waals surface area (Å²) in [7, 11) is 0. The van der Waals surface area contributed by atoms with E-state index in [2.05, 4.69) is 38.2 Å². The molecular weight excluding hydrogens is 274 g/mol. The number of fused-ring (bicyclic) bond motifs is 2. The molecule has 4 rings (SSSR count). The second kappa shape index (κ2) is 5.94. The molecule has 3 fully saturated rings. The van der Waals surface area contributed by atoms with Crippen LogP contribution in [0.15, 0.2) is 30.3 Å². The lowest BCUT2D eigenvalue weighted by molar-refractivity contribution is -0.155. The minimum Gasteiger partial charge on any atom is -0.446 e. The van der Waals surface area contributed by atoms with Crippen molar-refractivity contribution in [2.75, 3.05) is 6.54 Å². The van der Waals surface area contributed by atoms with Gasteiger partial charge in [-0.2, -0.15) is 0 Å². The third-order valence-electron chi connectivity index (χ3n) is 6.07. The maximum atomic E-state index is 12.0. The summed E-state index contributed by atoms with van der Waals surface area (Å²) in [6.45, 7) is 7.59. The Morgan fingerprint density at radius 3 is 2.64 bits per heavy atom. The molecule has 2 bridgehead atoms. The Morgan fingerprint density at radius 1 is 1.27 bits per heavy atom. The number of benzene rings is 1. The zero-order valence-electron chi connectivity index (χ0n) is 13.8. The highest BCUT2D eigenvalue weighted by Crippen LogP contribution is 2.61. The van der Waals surface area contributed by atoms with Crippen molar-refractivity contribution in [1.82, 2.24) is 5.32 Å². The van der Waals surface area contributed by atoms with Crippen LogP contribution < -0.4 is 5.32 Å². The second-order valence-electron chi connectivity index (χ2n) is 7.56. The van der Waals surface area contributed by atoms with E-state index in [1.165, 1.54) is 12.0 Å². The van der Waals surface area contributed by atoms with Gasteiger partial charge in [0.1, 0.15) is 6.10 Å². The van der Waals surface area contributed by atoms with Crippen LogP contribution in [0, 0.1) is 23.2 Å². The molecule has 3 aliphatic rings. The summed E-state index contributed by atoms with van der Waals surface area (Å²) >= 11 is 0. The number of hydrogen-bond acceptors (Lipinski definition) is 2. The molecule has 4 unspecified atom stereocenters. The Kier molecular flexibility index (Phi) is 4.16. The van der Waals surface area contributed by atoms with Gasteiger partial charge in [-0.05, 0) is 48.0 Å². The van der Waals surface area contributed by atoms with E-state index in [1.807, 2.05) is 18.2 Å². The Labute approximate surface area is 133 Å². The van der Waals surface area contributed by atoms with Gasteiger partial charge < -0.3 is 10.1 Å². The molecule has 0 aliphatic heterocycles. The van der Waals surface area contributed by atoms with Crippen molar-refractivity contribution in [3.8, 4) is 0 Å². The van der Waals surface area contributed by atoms with E-state index in [1.54, 1.807) is 0 Å². The normalized spacial score (nSPS) is 32.0. The molecule has 4 atom stereocenters. The van der Waals surface area contributed by atoms with Gasteiger partial charge in [-0.15, -0.1) is 0 Å². The fraction of sp³-hybridized carbons (Fsp3) is 0.632. The topological polar surface area (TPSA) is 38.3 Å². The van der Waals surface area contributed by atoms with E-state index < -0.39 is 0 Å². The molecule has 0 heterocycles. The van der Waals surface area contributed by atoms with Gasteiger partial charge in [0.2, 0.25) is 0 Å². The average molecular weight is 301 g/mol. The molecule has 22 heavy (non-hydrogen) atoms. The third kappa shape index (κ3) is 2.86. The lowest BCUT2D eigenvalue weighted by Crippen LogP contribution is -2.57. The van der Waals surface area contributed by atoms with Crippen LogP contribution in [0.2, 0.25) is 0 Å². The van der Waals surface area contributed by atoms with Crippen molar-refractivity contribution in [3.63, 3.8) is 0 Å². The second-order valence-corrected chi connectivity index (χ2v) is 7.56. The van der Waals surface area contributed by atoms with Crippen molar-refractivity contribution < 1.29 is 9.53 Å². The lowest BCUT2D eigenvalue weighted by Gasteiger charge is -2.61. The number of carbonyl (C=O) groups excluding carboxylic acids is 1. The van der Waals surface area contributed by atoms with Gasteiger partial charge in [-0.3, -0.25) is 0 Å². The molecule has 3 nitrogen and oxygen atoms in total. The molecule has 1 aromatic rings. The van der Waals surface area contributed by atoms with Crippen molar-refractivity contribution in [3.05, 3.63) is 35.9 Å². The average Bonchev–Trinajstić information content (AvgIpc) is 2.49. The Bertz CT molecular complexity index is 525. The van der Waals surface area contributed by atoms with Crippen molar-refractivity contribution >= 4 is 6.09 Å². The van der Waals surface area contributed by atoms with Crippen molar-refractivity contribution in [2.24, 2.45) is 23.2 Å². The van der Waals surface area contributed by atoms with Gasteiger partial charge in [0.15, 0.2) is 0 Å². The summed E-state index contributed by atoms with van der Waals surface area (Å²) in [5.41, 5.74) is 1.67. The van der Waals surface area contributed by atoms with Gasteiger partial charge >= 0.3 is 6.09 Å². The Balaban J connectivity index is 1.43. The van der Waals surface area contributed by atoms with Crippen LogP contribution >= 0.6 is 0 Å². The summed E-state index contributed by atoms with van der Waals surface area (Å²) in [5.74, 6) is 1.89. The number of ether oxygens (including phenoxy) is 1. The zero-order valence-corrected chi connectivity index (χ0v) is 13.8. The van der Waals surface area contributed by atoms with E-state index in [0.29, 0.717) is 23.8 Å². The summed E-state index contributed by atoms with van der Waals surface area (Å²) in [6.07, 6.45) is 3.01. The summed E-state index contributed by atoms with van der Waals surface area (Å²) in [6, 6.07) is 10.2. The van der Waals surface area contributed by atoms with Gasteiger partial charge in [-0.1, -0.05) is 51.1 Å². The molecule has 120 valence electrons. The predicted octanol–water partition coefficient (Wildman–Crippen LogP) is 4.03. The SMILES string of the molecule is CC1C(OC(=O)NCCc2ccccc2)CC2CC1C2(C)C. The van der Waals surface area contributed by atoms with Crippen molar-refractivity contribution in [1.29, 1.82) is 0 Å². The van der Waals surface area contributed by atoms with E-state index in [-0.39, 0.29) is 12.2 Å². The highest BCUT2D eigenvalue weighted by atomic mass is 16.6. The van der Waals surface area contributed by atoms with E-state index >= 15 is 0 Å². The number of amides is 1. The molecule has 3 aliphatic carbocycles. The zero-order chi connectivity index (χ0) is 15.7. The first-order chi connectivity index (χ1) is 10.5.